The summed E-state index contributed by atoms with van der Waals surface area (Å²) in [5.74, 6) is 3.08. The van der Waals surface area contributed by atoms with Crippen LogP contribution in [-0.4, -0.2) is 65.3 Å². The van der Waals surface area contributed by atoms with Crippen molar-refractivity contribution in [1.29, 1.82) is 0 Å². The summed E-state index contributed by atoms with van der Waals surface area (Å²) in [6, 6.07) is 1.92. The van der Waals surface area contributed by atoms with Crippen LogP contribution in [0.1, 0.15) is 11.7 Å². The van der Waals surface area contributed by atoms with Gasteiger partial charge in [0.25, 0.3) is 0 Å². The van der Waals surface area contributed by atoms with E-state index in [-0.39, 0.29) is 0 Å². The fourth-order valence-corrected chi connectivity index (χ4v) is 2.45. The first kappa shape index (κ1) is 14.7. The Morgan fingerprint density at radius 1 is 1.18 bits per heavy atom. The molecule has 1 aliphatic heterocycles. The summed E-state index contributed by atoms with van der Waals surface area (Å²) in [6.07, 6.45) is 1.81. The molecule has 118 valence electrons. The second-order valence-electron chi connectivity index (χ2n) is 5.60. The number of aromatic nitrogens is 4. The molecule has 0 atom stereocenters. The predicted molar refractivity (Wildman–Crippen MR) is 82.9 cm³/mol. The van der Waals surface area contributed by atoms with Gasteiger partial charge in [-0.25, -0.2) is 4.98 Å². The van der Waals surface area contributed by atoms with E-state index in [1.807, 2.05) is 38.2 Å². The molecule has 0 N–H and O–H groups in total. The highest BCUT2D eigenvalue weighted by molar-refractivity contribution is 5.42. The third-order valence-electron chi connectivity index (χ3n) is 3.68. The summed E-state index contributed by atoms with van der Waals surface area (Å²) in [4.78, 5) is 19.7. The number of rotatable bonds is 4. The highest BCUT2D eigenvalue weighted by Crippen LogP contribution is 2.15. The van der Waals surface area contributed by atoms with Crippen molar-refractivity contribution in [2.75, 3.05) is 50.1 Å². The van der Waals surface area contributed by atoms with E-state index in [9.17, 15) is 0 Å². The molecule has 3 heterocycles. The SMILES string of the molecule is Cc1nc(CN2CCN(c3nccc(N(C)C)n3)CC2)no1. The minimum Gasteiger partial charge on any atom is -0.363 e. The summed E-state index contributed by atoms with van der Waals surface area (Å²) in [6.45, 7) is 6.20. The predicted octanol–water partition coefficient (Wildman–Crippen LogP) is 0.556. The van der Waals surface area contributed by atoms with Crippen LogP contribution in [0, 0.1) is 6.92 Å². The zero-order valence-corrected chi connectivity index (χ0v) is 13.2. The Hall–Kier alpha value is -2.22. The summed E-state index contributed by atoms with van der Waals surface area (Å²) in [5.41, 5.74) is 0. The molecule has 22 heavy (non-hydrogen) atoms. The van der Waals surface area contributed by atoms with Gasteiger partial charge >= 0.3 is 0 Å². The Morgan fingerprint density at radius 2 is 1.95 bits per heavy atom. The lowest BCUT2D eigenvalue weighted by atomic mass is 10.3. The van der Waals surface area contributed by atoms with Crippen molar-refractivity contribution in [2.45, 2.75) is 13.5 Å². The minimum absolute atomic E-state index is 0.613. The van der Waals surface area contributed by atoms with Gasteiger partial charge in [0.15, 0.2) is 5.82 Å². The van der Waals surface area contributed by atoms with E-state index in [1.165, 1.54) is 0 Å². The molecule has 2 aromatic rings. The van der Waals surface area contributed by atoms with Gasteiger partial charge in [-0.05, 0) is 6.07 Å². The van der Waals surface area contributed by atoms with E-state index in [2.05, 4.69) is 29.9 Å². The Kier molecular flexibility index (Phi) is 4.19. The van der Waals surface area contributed by atoms with Crippen molar-refractivity contribution >= 4 is 11.8 Å². The highest BCUT2D eigenvalue weighted by atomic mass is 16.5. The molecule has 1 saturated heterocycles. The quantitative estimate of drug-likeness (QED) is 0.811. The lowest BCUT2D eigenvalue weighted by Gasteiger charge is -2.34. The Labute approximate surface area is 129 Å². The number of aryl methyl sites for hydroxylation is 1. The Morgan fingerprint density at radius 3 is 2.59 bits per heavy atom. The number of hydrogen-bond donors (Lipinski definition) is 0. The van der Waals surface area contributed by atoms with Gasteiger partial charge in [0.2, 0.25) is 11.8 Å². The molecule has 0 aliphatic carbocycles. The first-order valence-corrected chi connectivity index (χ1v) is 7.38. The van der Waals surface area contributed by atoms with Gasteiger partial charge in [0.1, 0.15) is 5.82 Å². The molecular formula is C14H21N7O. The standard InChI is InChI=1S/C14H21N7O/c1-11-16-12(18-22-11)10-20-6-8-21(9-7-20)14-15-5-4-13(17-14)19(2)3/h4-5H,6-10H2,1-3H3. The summed E-state index contributed by atoms with van der Waals surface area (Å²) >= 11 is 0. The largest absolute Gasteiger partial charge is 0.363 e. The molecule has 0 amide bonds. The molecular weight excluding hydrogens is 282 g/mol. The highest BCUT2D eigenvalue weighted by Gasteiger charge is 2.20. The molecule has 0 aromatic carbocycles. The van der Waals surface area contributed by atoms with Gasteiger partial charge in [-0.2, -0.15) is 9.97 Å². The first-order chi connectivity index (χ1) is 10.6. The van der Waals surface area contributed by atoms with Gasteiger partial charge in [0.05, 0.1) is 6.54 Å². The molecule has 0 spiro atoms. The van der Waals surface area contributed by atoms with Crippen LogP contribution in [0.3, 0.4) is 0 Å². The van der Waals surface area contributed by atoms with Crippen LogP contribution in [0.4, 0.5) is 11.8 Å². The molecule has 0 unspecified atom stereocenters. The van der Waals surface area contributed by atoms with Crippen LogP contribution >= 0.6 is 0 Å². The van der Waals surface area contributed by atoms with Crippen molar-refractivity contribution in [3.63, 3.8) is 0 Å². The molecule has 8 nitrogen and oxygen atoms in total. The van der Waals surface area contributed by atoms with E-state index >= 15 is 0 Å². The maximum atomic E-state index is 5.01. The van der Waals surface area contributed by atoms with Crippen LogP contribution in [0.15, 0.2) is 16.8 Å². The summed E-state index contributed by atoms with van der Waals surface area (Å²) < 4.78 is 5.01. The van der Waals surface area contributed by atoms with Gasteiger partial charge in [-0.15, -0.1) is 0 Å². The molecule has 0 saturated carbocycles. The van der Waals surface area contributed by atoms with Crippen LogP contribution in [-0.2, 0) is 6.54 Å². The number of anilines is 2. The second-order valence-corrected chi connectivity index (χ2v) is 5.60. The fraction of sp³-hybridized carbons (Fsp3) is 0.571. The van der Waals surface area contributed by atoms with Crippen molar-refractivity contribution in [2.24, 2.45) is 0 Å². The molecule has 8 heteroatoms. The van der Waals surface area contributed by atoms with E-state index in [1.54, 1.807) is 0 Å². The van der Waals surface area contributed by atoms with E-state index in [0.29, 0.717) is 5.89 Å². The number of hydrogen-bond acceptors (Lipinski definition) is 8. The lowest BCUT2D eigenvalue weighted by Crippen LogP contribution is -2.46. The second kappa shape index (κ2) is 6.27. The smallest absolute Gasteiger partial charge is 0.227 e. The molecule has 2 aromatic heterocycles. The first-order valence-electron chi connectivity index (χ1n) is 7.38. The molecule has 1 fully saturated rings. The van der Waals surface area contributed by atoms with Crippen molar-refractivity contribution in [1.82, 2.24) is 25.0 Å². The zero-order valence-electron chi connectivity index (χ0n) is 13.2. The van der Waals surface area contributed by atoms with Crippen molar-refractivity contribution in [3.8, 4) is 0 Å². The van der Waals surface area contributed by atoms with Gasteiger partial charge in [0, 0.05) is 53.4 Å². The van der Waals surface area contributed by atoms with Crippen LogP contribution in [0.2, 0.25) is 0 Å². The van der Waals surface area contributed by atoms with E-state index < -0.39 is 0 Å². The van der Waals surface area contributed by atoms with E-state index in [0.717, 1.165) is 50.3 Å². The third-order valence-corrected chi connectivity index (χ3v) is 3.68. The normalized spacial score (nSPS) is 16.0. The zero-order chi connectivity index (χ0) is 15.5. The van der Waals surface area contributed by atoms with E-state index in [4.69, 9.17) is 4.52 Å². The van der Waals surface area contributed by atoms with Crippen LogP contribution in [0.25, 0.3) is 0 Å². The average molecular weight is 303 g/mol. The number of nitrogens with zero attached hydrogens (tertiary/aromatic N) is 7. The minimum atomic E-state index is 0.613. The van der Waals surface area contributed by atoms with Crippen molar-refractivity contribution < 1.29 is 4.52 Å². The summed E-state index contributed by atoms with van der Waals surface area (Å²) in [5, 5.41) is 3.95. The average Bonchev–Trinajstić information content (AvgIpc) is 2.93. The van der Waals surface area contributed by atoms with Gasteiger partial charge in [-0.1, -0.05) is 5.16 Å². The van der Waals surface area contributed by atoms with Crippen molar-refractivity contribution in [3.05, 3.63) is 24.0 Å². The van der Waals surface area contributed by atoms with Crippen LogP contribution < -0.4 is 9.80 Å². The topological polar surface area (TPSA) is 74.4 Å². The summed E-state index contributed by atoms with van der Waals surface area (Å²) in [7, 11) is 3.97. The monoisotopic (exact) mass is 303 g/mol. The van der Waals surface area contributed by atoms with Gasteiger partial charge < -0.3 is 14.3 Å². The lowest BCUT2D eigenvalue weighted by molar-refractivity contribution is 0.239. The van der Waals surface area contributed by atoms with Gasteiger partial charge in [-0.3, -0.25) is 4.90 Å². The third kappa shape index (κ3) is 3.33. The molecule has 3 rings (SSSR count). The fourth-order valence-electron chi connectivity index (χ4n) is 2.45. The Balaban J connectivity index is 1.58. The maximum Gasteiger partial charge on any atom is 0.227 e. The number of piperazine rings is 1. The maximum absolute atomic E-state index is 5.01. The molecule has 0 radical (unpaired) electrons. The van der Waals surface area contributed by atoms with Crippen LogP contribution in [0.5, 0.6) is 0 Å². The molecule has 0 bridgehead atoms. The molecule has 1 aliphatic rings. The Bertz CT molecular complexity index is 619.